The fourth-order valence-corrected chi connectivity index (χ4v) is 3.28. The lowest BCUT2D eigenvalue weighted by Crippen LogP contribution is -2.30. The van der Waals surface area contributed by atoms with E-state index in [-0.39, 0.29) is 18.0 Å². The molecule has 32 heavy (non-hydrogen) atoms. The fourth-order valence-electron chi connectivity index (χ4n) is 3.28. The number of hydrogen-bond donors (Lipinski definition) is 2. The molecule has 1 unspecified atom stereocenters. The van der Waals surface area contributed by atoms with Crippen LogP contribution in [0.25, 0.3) is 0 Å². The maximum Gasteiger partial charge on any atom is 0.253 e. The molecule has 0 radical (unpaired) electrons. The van der Waals surface area contributed by atoms with Gasteiger partial charge in [-0.2, -0.15) is 0 Å². The third-order valence-corrected chi connectivity index (χ3v) is 5.54. The molecule has 6 heteroatoms. The average molecular weight is 438 g/mol. The predicted octanol–water partition coefficient (Wildman–Crippen LogP) is 5.32. The first-order chi connectivity index (χ1) is 15.2. The number of nitrogens with zero attached hydrogens (tertiary/aromatic N) is 3. The molecule has 1 amide bonds. The molecule has 2 atom stereocenters. The molecule has 0 fully saturated rings. The maximum atomic E-state index is 12.5. The van der Waals surface area contributed by atoms with Crippen LogP contribution in [0.15, 0.2) is 57.9 Å². The summed E-state index contributed by atoms with van der Waals surface area (Å²) < 4.78 is 0. The summed E-state index contributed by atoms with van der Waals surface area (Å²) in [5.41, 5.74) is 4.76. The zero-order chi connectivity index (χ0) is 23.7. The van der Waals surface area contributed by atoms with E-state index in [9.17, 15) is 4.79 Å². The summed E-state index contributed by atoms with van der Waals surface area (Å²) in [6.07, 6.45) is 7.33. The van der Waals surface area contributed by atoms with Gasteiger partial charge in [0.25, 0.3) is 5.91 Å². The summed E-state index contributed by atoms with van der Waals surface area (Å²) in [7, 11) is 2.06. The number of aliphatic imine (C=N–C) groups is 2. The van der Waals surface area contributed by atoms with E-state index in [4.69, 9.17) is 4.99 Å². The Labute approximate surface area is 193 Å². The summed E-state index contributed by atoms with van der Waals surface area (Å²) >= 11 is 0. The van der Waals surface area contributed by atoms with E-state index < -0.39 is 0 Å². The van der Waals surface area contributed by atoms with Crippen LogP contribution in [0.5, 0.6) is 0 Å². The first-order valence-corrected chi connectivity index (χ1v) is 11.5. The molecule has 6 nitrogen and oxygen atoms in total. The van der Waals surface area contributed by atoms with Crippen molar-refractivity contribution >= 4 is 23.5 Å². The highest BCUT2D eigenvalue weighted by molar-refractivity contribution is 6.05. The second-order valence-electron chi connectivity index (χ2n) is 8.84. The molecular weight excluding hydrogens is 398 g/mol. The van der Waals surface area contributed by atoms with Crippen molar-refractivity contribution in [2.75, 3.05) is 18.9 Å². The Morgan fingerprint density at radius 1 is 1.25 bits per heavy atom. The molecule has 0 bridgehead atoms. The standard InChI is InChI=1S/C26H39N5O/c1-8-31(7)17-25(18(2)3)28-15-20(5)29-21(6)22-10-9-11-24(14-22)30-26(32)23-13-12-19(4)27-16-23/h9-11,14-18,20-21,29H,8,12-13H2,1-7H3,(H,30,32)/b25-17+,28-15?/t20?,21-/m0/s1. The fraction of sp³-hybridized carbons (Fsp3) is 0.500. The van der Waals surface area contributed by atoms with Crippen molar-refractivity contribution in [2.24, 2.45) is 15.9 Å². The number of nitrogens with one attached hydrogen (secondary N) is 2. The Kier molecular flexibility index (Phi) is 9.85. The Bertz CT molecular complexity index is 897. The van der Waals surface area contributed by atoms with Crippen molar-refractivity contribution in [2.45, 2.75) is 66.5 Å². The highest BCUT2D eigenvalue weighted by atomic mass is 16.1. The lowest BCUT2D eigenvalue weighted by Gasteiger charge is -2.19. The van der Waals surface area contributed by atoms with Gasteiger partial charge in [-0.3, -0.25) is 14.8 Å². The van der Waals surface area contributed by atoms with Crippen molar-refractivity contribution in [3.8, 4) is 0 Å². The van der Waals surface area contributed by atoms with Gasteiger partial charge in [0.05, 0.1) is 5.70 Å². The van der Waals surface area contributed by atoms with Gasteiger partial charge in [-0.1, -0.05) is 26.0 Å². The third kappa shape index (κ3) is 8.08. The van der Waals surface area contributed by atoms with Gasteiger partial charge in [-0.15, -0.1) is 0 Å². The van der Waals surface area contributed by atoms with Crippen LogP contribution in [0.3, 0.4) is 0 Å². The Morgan fingerprint density at radius 2 is 2.00 bits per heavy atom. The molecule has 0 saturated heterocycles. The van der Waals surface area contributed by atoms with Crippen LogP contribution in [0.4, 0.5) is 5.69 Å². The summed E-state index contributed by atoms with van der Waals surface area (Å²) in [4.78, 5) is 23.7. The van der Waals surface area contributed by atoms with Gasteiger partial charge in [0.2, 0.25) is 0 Å². The van der Waals surface area contributed by atoms with Crippen LogP contribution in [0.2, 0.25) is 0 Å². The number of benzene rings is 1. The minimum atomic E-state index is -0.0791. The summed E-state index contributed by atoms with van der Waals surface area (Å²) in [5.74, 6) is 0.281. The molecule has 0 spiro atoms. The van der Waals surface area contributed by atoms with E-state index >= 15 is 0 Å². The van der Waals surface area contributed by atoms with E-state index in [0.717, 1.165) is 47.6 Å². The normalized spacial score (nSPS) is 16.6. The lowest BCUT2D eigenvalue weighted by molar-refractivity contribution is -0.113. The molecule has 0 aromatic heterocycles. The third-order valence-electron chi connectivity index (χ3n) is 5.54. The van der Waals surface area contributed by atoms with Crippen LogP contribution in [0.1, 0.15) is 66.0 Å². The van der Waals surface area contributed by atoms with E-state index in [1.165, 1.54) is 0 Å². The topological polar surface area (TPSA) is 69.1 Å². The van der Waals surface area contributed by atoms with Crippen LogP contribution in [-0.2, 0) is 4.79 Å². The van der Waals surface area contributed by atoms with Crippen molar-refractivity contribution in [1.29, 1.82) is 0 Å². The molecule has 2 N–H and O–H groups in total. The number of carbonyl (C=O) groups is 1. The molecule has 1 aliphatic rings. The number of hydrogen-bond acceptors (Lipinski definition) is 5. The first-order valence-electron chi connectivity index (χ1n) is 11.5. The molecule has 1 aliphatic heterocycles. The van der Waals surface area contributed by atoms with Crippen LogP contribution >= 0.6 is 0 Å². The van der Waals surface area contributed by atoms with Gasteiger partial charge in [0.1, 0.15) is 0 Å². The molecule has 174 valence electrons. The average Bonchev–Trinajstić information content (AvgIpc) is 2.76. The Balaban J connectivity index is 2.00. The zero-order valence-corrected chi connectivity index (χ0v) is 20.6. The van der Waals surface area contributed by atoms with Crippen LogP contribution in [-0.4, -0.2) is 42.4 Å². The SMILES string of the molecule is CCN(C)/C=C(/N=CC(C)N[C@@H](C)c1cccc(NC(=O)C2=CN=C(C)CC2)c1)C(C)C. The number of carbonyl (C=O) groups excluding carboxylic acids is 1. The number of rotatable bonds is 10. The lowest BCUT2D eigenvalue weighted by atomic mass is 10.0. The maximum absolute atomic E-state index is 12.5. The molecule has 1 heterocycles. The van der Waals surface area contributed by atoms with Crippen LogP contribution in [0, 0.1) is 5.92 Å². The van der Waals surface area contributed by atoms with E-state index in [2.05, 4.69) is 74.5 Å². The molecule has 1 aromatic carbocycles. The van der Waals surface area contributed by atoms with E-state index in [0.29, 0.717) is 5.92 Å². The Morgan fingerprint density at radius 3 is 2.62 bits per heavy atom. The highest BCUT2D eigenvalue weighted by Crippen LogP contribution is 2.20. The molecule has 2 rings (SSSR count). The van der Waals surface area contributed by atoms with Gasteiger partial charge in [0, 0.05) is 61.3 Å². The van der Waals surface area contributed by atoms with Gasteiger partial charge >= 0.3 is 0 Å². The molecular formula is C26H39N5O. The highest BCUT2D eigenvalue weighted by Gasteiger charge is 2.14. The molecule has 0 saturated carbocycles. The van der Waals surface area contributed by atoms with Gasteiger partial charge in [0.15, 0.2) is 0 Å². The number of amides is 1. The Hall–Kier alpha value is -2.73. The number of anilines is 1. The van der Waals surface area contributed by atoms with Gasteiger partial charge < -0.3 is 15.5 Å². The summed E-state index contributed by atoms with van der Waals surface area (Å²) in [5, 5.41) is 6.58. The minimum Gasteiger partial charge on any atom is -0.379 e. The monoisotopic (exact) mass is 437 g/mol. The van der Waals surface area contributed by atoms with Crippen molar-refractivity contribution < 1.29 is 4.79 Å². The minimum absolute atomic E-state index is 0.0791. The van der Waals surface area contributed by atoms with Gasteiger partial charge in [-0.05, 0) is 64.2 Å². The van der Waals surface area contributed by atoms with Crippen molar-refractivity contribution in [1.82, 2.24) is 10.2 Å². The van der Waals surface area contributed by atoms with Crippen LogP contribution < -0.4 is 10.6 Å². The largest absolute Gasteiger partial charge is 0.379 e. The first kappa shape index (κ1) is 25.5. The van der Waals surface area contributed by atoms with E-state index in [1.54, 1.807) is 6.20 Å². The summed E-state index contributed by atoms with van der Waals surface area (Å²) in [6, 6.07) is 8.19. The second-order valence-corrected chi connectivity index (χ2v) is 8.84. The van der Waals surface area contributed by atoms with Gasteiger partial charge in [-0.25, -0.2) is 0 Å². The molecule has 1 aromatic rings. The quantitative estimate of drug-likeness (QED) is 0.487. The zero-order valence-electron chi connectivity index (χ0n) is 20.6. The smallest absolute Gasteiger partial charge is 0.253 e. The van der Waals surface area contributed by atoms with Crippen molar-refractivity contribution in [3.63, 3.8) is 0 Å². The second kappa shape index (κ2) is 12.3. The predicted molar refractivity (Wildman–Crippen MR) is 136 cm³/mol. The van der Waals surface area contributed by atoms with Crippen molar-refractivity contribution in [3.05, 3.63) is 53.5 Å². The summed E-state index contributed by atoms with van der Waals surface area (Å²) in [6.45, 7) is 13.6. The van der Waals surface area contributed by atoms with E-state index in [1.807, 2.05) is 31.3 Å². The number of allylic oxidation sites excluding steroid dienone is 1. The molecule has 0 aliphatic carbocycles.